The molecule has 314 valence electrons. The van der Waals surface area contributed by atoms with Crippen LogP contribution < -0.4 is 25.2 Å². The molecule has 1 saturated heterocycles. The Bertz CT molecular complexity index is 2790. The Kier molecular flexibility index (Phi) is 10.4. The van der Waals surface area contributed by atoms with Crippen molar-refractivity contribution in [2.24, 2.45) is 0 Å². The van der Waals surface area contributed by atoms with Crippen molar-refractivity contribution >= 4 is 40.6 Å². The maximum atomic E-state index is 14.6. The normalized spacial score (nSPS) is 14.7. The van der Waals surface area contributed by atoms with Crippen LogP contribution in [0.4, 0.5) is 24.5 Å². The van der Waals surface area contributed by atoms with Crippen LogP contribution in [-0.4, -0.2) is 78.6 Å². The number of aromatic nitrogens is 6. The molecule has 0 bridgehead atoms. The van der Waals surface area contributed by atoms with E-state index in [1.165, 1.54) is 10.8 Å². The molecule has 6 aromatic rings. The fourth-order valence-corrected chi connectivity index (χ4v) is 8.54. The first-order valence-corrected chi connectivity index (χ1v) is 20.3. The van der Waals surface area contributed by atoms with Gasteiger partial charge in [0, 0.05) is 38.2 Å². The molecule has 0 saturated carbocycles. The monoisotopic (exact) mass is 853 g/mol. The number of benzene rings is 3. The number of aryl methyl sites for hydroxylation is 1. The van der Waals surface area contributed by atoms with Crippen molar-refractivity contribution in [2.75, 3.05) is 43.0 Å². The number of nitrogens with zero attached hydrogens (tertiary/aromatic N) is 8. The average Bonchev–Trinajstić information content (AvgIpc) is 3.91. The molecular formula is C43H39ClF3N9O5. The van der Waals surface area contributed by atoms with Crippen molar-refractivity contribution in [1.82, 2.24) is 34.0 Å². The van der Waals surface area contributed by atoms with Gasteiger partial charge in [0.15, 0.2) is 17.3 Å². The predicted molar refractivity (Wildman–Crippen MR) is 219 cm³/mol. The van der Waals surface area contributed by atoms with E-state index in [4.69, 9.17) is 26.1 Å². The molecule has 3 aromatic heterocycles. The third kappa shape index (κ3) is 7.40. The lowest BCUT2D eigenvalue weighted by molar-refractivity contribution is -0.138. The van der Waals surface area contributed by atoms with Gasteiger partial charge in [-0.25, -0.2) is 9.97 Å². The molecule has 2 amide bonds. The molecule has 3 aromatic carbocycles. The number of carbonyl (C=O) groups excluding carboxylic acids is 2. The zero-order valence-electron chi connectivity index (χ0n) is 33.2. The van der Waals surface area contributed by atoms with E-state index < -0.39 is 23.2 Å². The molecule has 18 heteroatoms. The molecule has 14 nitrogen and oxygen atoms in total. The van der Waals surface area contributed by atoms with Gasteiger partial charge in [-0.15, -0.1) is 5.10 Å². The highest BCUT2D eigenvalue weighted by molar-refractivity contribution is 6.34. The first kappa shape index (κ1) is 39.9. The molecule has 0 unspecified atom stereocenters. The second kappa shape index (κ2) is 15.8. The maximum absolute atomic E-state index is 14.6. The van der Waals surface area contributed by atoms with Crippen LogP contribution in [0.2, 0.25) is 5.02 Å². The number of fused-ring (bicyclic) bond motifs is 3. The summed E-state index contributed by atoms with van der Waals surface area (Å²) in [4.78, 5) is 59.4. The van der Waals surface area contributed by atoms with Crippen LogP contribution in [-0.2, 0) is 49.8 Å². The summed E-state index contributed by atoms with van der Waals surface area (Å²) in [5.74, 6) is 0.501. The molecule has 5 heterocycles. The number of piperazine rings is 1. The summed E-state index contributed by atoms with van der Waals surface area (Å²) in [5, 5.41) is 7.22. The summed E-state index contributed by atoms with van der Waals surface area (Å²) in [6.07, 6.45) is -1.72. The number of rotatable bonds is 10. The lowest BCUT2D eigenvalue weighted by Gasteiger charge is -2.36. The summed E-state index contributed by atoms with van der Waals surface area (Å²) in [5.41, 5.74) is 3.30. The van der Waals surface area contributed by atoms with Crippen LogP contribution in [0.15, 0.2) is 65.7 Å². The highest BCUT2D eigenvalue weighted by atomic mass is 35.5. The van der Waals surface area contributed by atoms with Crippen molar-refractivity contribution in [3.05, 3.63) is 121 Å². The third-order valence-electron chi connectivity index (χ3n) is 11.4. The van der Waals surface area contributed by atoms with E-state index in [0.29, 0.717) is 54.1 Å². The molecule has 1 fully saturated rings. The minimum Gasteiger partial charge on any atom is -0.493 e. The first-order chi connectivity index (χ1) is 29.4. The van der Waals surface area contributed by atoms with E-state index in [2.05, 4.69) is 20.4 Å². The summed E-state index contributed by atoms with van der Waals surface area (Å²) in [7, 11) is 0. The van der Waals surface area contributed by atoms with Gasteiger partial charge in [0.1, 0.15) is 30.9 Å². The van der Waals surface area contributed by atoms with Gasteiger partial charge in [-0.1, -0.05) is 48.9 Å². The number of carbonyl (C=O) groups is 2. The number of ether oxygens (including phenoxy) is 2. The Balaban J connectivity index is 1.04. The standard InChI is InChI=1S/C43H39ClF3N9O5/c1-3-32-37(53-14-16-54(17-15-53)40(58)36-38(24(2)48-23-49-36)61-22-25-7-5-4-6-8-25)41(59)56-42(51-39(52-56)27-9-12-33-26(19-27)13-18-60-33)55(32)21-34(57)50-35-29-11-10-28(29)30(20-31(35)44)43(45,46)47/h4-9,12,19-20,23H,3,10-11,13-18,21-22H2,1-2H3,(H,50,57). The molecule has 0 radical (unpaired) electrons. The largest absolute Gasteiger partial charge is 0.493 e. The van der Waals surface area contributed by atoms with Gasteiger partial charge in [0.2, 0.25) is 11.7 Å². The van der Waals surface area contributed by atoms with Crippen LogP contribution in [0.1, 0.15) is 56.6 Å². The van der Waals surface area contributed by atoms with Gasteiger partial charge in [-0.05, 0) is 72.7 Å². The Labute approximate surface area is 351 Å². The zero-order chi connectivity index (χ0) is 42.6. The highest BCUT2D eigenvalue weighted by Crippen LogP contribution is 2.45. The predicted octanol–water partition coefficient (Wildman–Crippen LogP) is 6.10. The molecule has 1 N–H and O–H groups in total. The molecule has 0 spiro atoms. The number of alkyl halides is 3. The number of amides is 2. The number of hydrogen-bond acceptors (Lipinski definition) is 10. The Morgan fingerprint density at radius 1 is 0.984 bits per heavy atom. The fraction of sp³-hybridized carbons (Fsp3) is 0.326. The van der Waals surface area contributed by atoms with Crippen molar-refractivity contribution in [1.29, 1.82) is 0 Å². The number of anilines is 2. The Morgan fingerprint density at radius 2 is 1.75 bits per heavy atom. The van der Waals surface area contributed by atoms with Gasteiger partial charge in [-0.3, -0.25) is 14.4 Å². The van der Waals surface area contributed by atoms with Gasteiger partial charge >= 0.3 is 6.18 Å². The Hall–Kier alpha value is -6.49. The second-order valence-electron chi connectivity index (χ2n) is 15.1. The molecule has 1 aliphatic carbocycles. The van der Waals surface area contributed by atoms with E-state index in [-0.39, 0.29) is 90.9 Å². The number of nitrogens with one attached hydrogen (secondary N) is 1. The van der Waals surface area contributed by atoms with Crippen LogP contribution in [0.5, 0.6) is 11.5 Å². The molecule has 0 atom stereocenters. The summed E-state index contributed by atoms with van der Waals surface area (Å²) in [6.45, 7) is 5.00. The maximum Gasteiger partial charge on any atom is 0.416 e. The van der Waals surface area contributed by atoms with Crippen molar-refractivity contribution < 1.29 is 32.2 Å². The average molecular weight is 854 g/mol. The second-order valence-corrected chi connectivity index (χ2v) is 15.5. The summed E-state index contributed by atoms with van der Waals surface area (Å²) >= 11 is 6.39. The van der Waals surface area contributed by atoms with Crippen molar-refractivity contribution in [3.8, 4) is 22.9 Å². The number of hydrogen-bond donors (Lipinski definition) is 1. The zero-order valence-corrected chi connectivity index (χ0v) is 33.9. The van der Waals surface area contributed by atoms with Gasteiger partial charge in [0.25, 0.3) is 11.5 Å². The van der Waals surface area contributed by atoms with Crippen LogP contribution in [0, 0.1) is 6.92 Å². The van der Waals surface area contributed by atoms with Gasteiger partial charge in [-0.2, -0.15) is 22.7 Å². The smallest absolute Gasteiger partial charge is 0.416 e. The quantitative estimate of drug-likeness (QED) is 0.171. The first-order valence-electron chi connectivity index (χ1n) is 19.9. The lowest BCUT2D eigenvalue weighted by Crippen LogP contribution is -2.51. The van der Waals surface area contributed by atoms with Crippen molar-refractivity contribution in [3.63, 3.8) is 0 Å². The molecule has 2 aliphatic heterocycles. The van der Waals surface area contributed by atoms with E-state index in [1.54, 1.807) is 22.5 Å². The molecule has 9 rings (SSSR count). The minimum atomic E-state index is -4.59. The molecule has 61 heavy (non-hydrogen) atoms. The topological polar surface area (TPSA) is 149 Å². The van der Waals surface area contributed by atoms with E-state index >= 15 is 0 Å². The third-order valence-corrected chi connectivity index (χ3v) is 11.7. The number of halogens is 4. The van der Waals surface area contributed by atoms with E-state index in [9.17, 15) is 27.6 Å². The van der Waals surface area contributed by atoms with Crippen LogP contribution >= 0.6 is 11.6 Å². The van der Waals surface area contributed by atoms with Gasteiger partial charge < -0.3 is 29.2 Å². The van der Waals surface area contributed by atoms with Crippen LogP contribution in [0.25, 0.3) is 17.2 Å². The highest BCUT2D eigenvalue weighted by Gasteiger charge is 2.39. The van der Waals surface area contributed by atoms with Crippen LogP contribution in [0.3, 0.4) is 0 Å². The summed E-state index contributed by atoms with van der Waals surface area (Å²) in [6, 6.07) is 16.0. The lowest BCUT2D eigenvalue weighted by atomic mass is 9.83. The SMILES string of the molecule is CCc1c(N2CCN(C(=O)c3ncnc(C)c3OCc3ccccc3)CC2)c(=O)n2nc(-c3ccc4c(c3)CCO4)nc2n1CC(=O)Nc1c(Cl)cc(C(F)(F)F)c2c1CC2. The molecule has 3 aliphatic rings. The van der Waals surface area contributed by atoms with Gasteiger partial charge in [0.05, 0.1) is 34.3 Å². The van der Waals surface area contributed by atoms with E-state index in [1.807, 2.05) is 54.3 Å². The molecular weight excluding hydrogens is 815 g/mol. The van der Waals surface area contributed by atoms with E-state index in [0.717, 1.165) is 22.9 Å². The minimum absolute atomic E-state index is 0.106. The van der Waals surface area contributed by atoms with Crippen molar-refractivity contribution in [2.45, 2.75) is 58.9 Å². The fourth-order valence-electron chi connectivity index (χ4n) is 8.27. The Morgan fingerprint density at radius 3 is 2.48 bits per heavy atom. The summed E-state index contributed by atoms with van der Waals surface area (Å²) < 4.78 is 55.9.